The second-order valence-corrected chi connectivity index (χ2v) is 8.43. The van der Waals surface area contributed by atoms with Crippen molar-refractivity contribution in [3.63, 3.8) is 0 Å². The molecule has 2 aromatic heterocycles. The van der Waals surface area contributed by atoms with Crippen LogP contribution in [0.1, 0.15) is 99.7 Å². The molecule has 3 heterocycles. The summed E-state index contributed by atoms with van der Waals surface area (Å²) >= 11 is 0. The van der Waals surface area contributed by atoms with Crippen molar-refractivity contribution >= 4 is 11.0 Å². The minimum atomic E-state index is 0.415. The average molecular weight is 512 g/mol. The summed E-state index contributed by atoms with van der Waals surface area (Å²) in [5, 5.41) is 6.12. The minimum absolute atomic E-state index is 0.415. The largest absolute Gasteiger partial charge is 0.304 e. The summed E-state index contributed by atoms with van der Waals surface area (Å²) in [6, 6.07) is 11.6. The maximum Gasteiger partial charge on any atom is 0.161 e. The second kappa shape index (κ2) is 18.9. The lowest BCUT2D eigenvalue weighted by molar-refractivity contribution is 0.0814. The molecule has 0 bridgehead atoms. The quantitative estimate of drug-likeness (QED) is 0.369. The topological polar surface area (TPSA) is 50.1 Å². The van der Waals surface area contributed by atoms with Crippen LogP contribution in [0, 0.1) is 0 Å². The van der Waals surface area contributed by atoms with Crippen LogP contribution in [0.15, 0.2) is 42.9 Å². The maximum atomic E-state index is 7.56. The number of aromatic nitrogens is 4. The summed E-state index contributed by atoms with van der Waals surface area (Å²) in [7, 11) is 0.431. The van der Waals surface area contributed by atoms with Gasteiger partial charge in [-0.3, -0.25) is 4.90 Å². The van der Waals surface area contributed by atoms with Crippen LogP contribution in [0.4, 0.5) is 0 Å². The monoisotopic (exact) mass is 511 g/mol. The van der Waals surface area contributed by atoms with E-state index in [0.717, 1.165) is 62.2 Å². The molecule has 1 aromatic carbocycles. The van der Waals surface area contributed by atoms with Crippen molar-refractivity contribution in [2.24, 2.45) is 0 Å². The van der Waals surface area contributed by atoms with Crippen LogP contribution >= 0.6 is 0 Å². The zero-order chi connectivity index (χ0) is 28.3. The van der Waals surface area contributed by atoms with Crippen LogP contribution < -0.4 is 0 Å². The summed E-state index contributed by atoms with van der Waals surface area (Å²) in [5.41, 5.74) is 3.32. The predicted molar refractivity (Wildman–Crippen MR) is 160 cm³/mol. The van der Waals surface area contributed by atoms with E-state index in [1.807, 2.05) is 61.6 Å². The molecule has 1 aliphatic carbocycles. The average Bonchev–Trinajstić information content (AvgIpc) is 3.40. The third-order valence-electron chi connectivity index (χ3n) is 6.60. The van der Waals surface area contributed by atoms with E-state index in [9.17, 15) is 0 Å². The van der Waals surface area contributed by atoms with Crippen LogP contribution in [0.5, 0.6) is 0 Å². The Balaban J connectivity index is 0.000000829. The predicted octanol–water partition coefficient (Wildman–Crippen LogP) is 7.25. The highest BCUT2D eigenvalue weighted by Crippen LogP contribution is 2.33. The molecule has 0 atom stereocenters. The standard InChI is InChI=1S/C23H30N6.4C2H6/c1-27-11-13-28(14-12-27)19-7-9-20(10-8-19)29-23-21(16-24-17-25-23)22(26-29)15-18-5-3-2-4-6-18;4*1-2/h2-6,16-17,19-20H,7-15H2,1H3;4*1-2H3/i1D;;;;. The molecule has 0 amide bonds. The number of piperazine rings is 1. The molecule has 208 valence electrons. The van der Waals surface area contributed by atoms with Gasteiger partial charge in [-0.1, -0.05) is 85.7 Å². The smallest absolute Gasteiger partial charge is 0.161 e. The Hall–Kier alpha value is -2.31. The highest BCUT2D eigenvalue weighted by atomic mass is 15.3. The number of fused-ring (bicyclic) bond motifs is 1. The van der Waals surface area contributed by atoms with Gasteiger partial charge in [-0.25, -0.2) is 14.6 Å². The van der Waals surface area contributed by atoms with Crippen molar-refractivity contribution in [1.29, 1.82) is 0 Å². The summed E-state index contributed by atoms with van der Waals surface area (Å²) in [4.78, 5) is 13.7. The van der Waals surface area contributed by atoms with Crippen LogP contribution in [0.25, 0.3) is 11.0 Å². The lowest BCUT2D eigenvalue weighted by Gasteiger charge is -2.41. The Labute approximate surface area is 228 Å². The molecule has 1 aliphatic heterocycles. The van der Waals surface area contributed by atoms with Crippen LogP contribution in [0.3, 0.4) is 0 Å². The molecule has 5 rings (SSSR count). The van der Waals surface area contributed by atoms with E-state index in [2.05, 4.69) is 54.8 Å². The Morgan fingerprint density at radius 3 is 2.00 bits per heavy atom. The fraction of sp³-hybridized carbons (Fsp3) is 0.645. The maximum absolute atomic E-state index is 7.56. The van der Waals surface area contributed by atoms with Gasteiger partial charge in [-0.15, -0.1) is 0 Å². The van der Waals surface area contributed by atoms with E-state index in [4.69, 9.17) is 6.47 Å². The van der Waals surface area contributed by atoms with Crippen molar-refractivity contribution < 1.29 is 1.37 Å². The van der Waals surface area contributed by atoms with Gasteiger partial charge in [-0.05, 0) is 38.3 Å². The van der Waals surface area contributed by atoms with E-state index >= 15 is 0 Å². The molecule has 0 unspecified atom stereocenters. The van der Waals surface area contributed by atoms with Crippen LogP contribution in [-0.2, 0) is 6.42 Å². The van der Waals surface area contributed by atoms with Crippen molar-refractivity contribution in [2.75, 3.05) is 33.2 Å². The fourth-order valence-electron chi connectivity index (χ4n) is 4.91. The Morgan fingerprint density at radius 2 is 1.41 bits per heavy atom. The van der Waals surface area contributed by atoms with Crippen molar-refractivity contribution in [3.05, 3.63) is 54.1 Å². The van der Waals surface area contributed by atoms with Gasteiger partial charge < -0.3 is 4.90 Å². The highest BCUT2D eigenvalue weighted by molar-refractivity contribution is 5.77. The molecule has 0 radical (unpaired) electrons. The van der Waals surface area contributed by atoms with E-state index < -0.39 is 0 Å². The number of benzene rings is 1. The van der Waals surface area contributed by atoms with Gasteiger partial charge in [0.05, 0.1) is 17.1 Å². The van der Waals surface area contributed by atoms with Gasteiger partial charge in [-0.2, -0.15) is 5.10 Å². The number of hydrogen-bond acceptors (Lipinski definition) is 5. The third-order valence-corrected chi connectivity index (χ3v) is 6.60. The van der Waals surface area contributed by atoms with Crippen LogP contribution in [0.2, 0.25) is 0 Å². The zero-order valence-corrected chi connectivity index (χ0v) is 25.0. The molecule has 1 saturated carbocycles. The SMILES string of the molecule is CC.CC.CC.CC.[2H]CN1CCN(C2CCC(n3nc(Cc4ccccc4)c4cncnc43)CC2)CC1. The molecule has 3 aromatic rings. The summed E-state index contributed by atoms with van der Waals surface area (Å²) in [6.45, 7) is 20.3. The lowest BCUT2D eigenvalue weighted by atomic mass is 9.90. The number of nitrogens with zero attached hydrogens (tertiary/aromatic N) is 6. The Bertz CT molecular complexity index is 961. The number of hydrogen-bond donors (Lipinski definition) is 0. The van der Waals surface area contributed by atoms with Gasteiger partial charge in [0.2, 0.25) is 0 Å². The van der Waals surface area contributed by atoms with Gasteiger partial charge in [0, 0.05) is 46.2 Å². The van der Waals surface area contributed by atoms with Crippen molar-refractivity contribution in [2.45, 2.75) is 99.6 Å². The Kier molecular flexibility index (Phi) is 15.8. The molecule has 0 N–H and O–H groups in total. The first-order valence-corrected chi connectivity index (χ1v) is 14.8. The fourth-order valence-corrected chi connectivity index (χ4v) is 4.91. The number of likely N-dealkylation sites (N-methyl/N-ethyl adjacent to an activating group) is 1. The van der Waals surface area contributed by atoms with Gasteiger partial charge in [0.1, 0.15) is 6.33 Å². The van der Waals surface area contributed by atoms with Crippen molar-refractivity contribution in [3.8, 4) is 0 Å². The van der Waals surface area contributed by atoms with Gasteiger partial charge in [0.15, 0.2) is 5.65 Å². The zero-order valence-electron chi connectivity index (χ0n) is 26.0. The van der Waals surface area contributed by atoms with Crippen LogP contribution in [-0.4, -0.2) is 68.8 Å². The molecule has 6 heteroatoms. The molecular formula is C31H54N6. The lowest BCUT2D eigenvalue weighted by Crippen LogP contribution is -2.49. The first kappa shape index (κ1) is 30.9. The van der Waals surface area contributed by atoms with E-state index in [1.54, 1.807) is 6.33 Å². The van der Waals surface area contributed by atoms with E-state index in [0.29, 0.717) is 19.1 Å². The third kappa shape index (κ3) is 9.19. The highest BCUT2D eigenvalue weighted by Gasteiger charge is 2.30. The normalized spacial score (nSPS) is 19.9. The first-order valence-electron chi connectivity index (χ1n) is 15.5. The molecule has 2 aliphatic rings. The van der Waals surface area contributed by atoms with E-state index in [-0.39, 0.29) is 0 Å². The van der Waals surface area contributed by atoms with Crippen molar-refractivity contribution in [1.82, 2.24) is 29.5 Å². The summed E-state index contributed by atoms with van der Waals surface area (Å²) in [6.07, 6.45) is 9.10. The summed E-state index contributed by atoms with van der Waals surface area (Å²) in [5.74, 6) is 0. The van der Waals surface area contributed by atoms with E-state index in [1.165, 1.54) is 18.4 Å². The molecular weight excluding hydrogens is 456 g/mol. The second-order valence-electron chi connectivity index (χ2n) is 8.43. The van der Waals surface area contributed by atoms with Gasteiger partial charge >= 0.3 is 0 Å². The summed E-state index contributed by atoms with van der Waals surface area (Å²) < 4.78 is 9.74. The van der Waals surface area contributed by atoms with Gasteiger partial charge in [0.25, 0.3) is 0 Å². The molecule has 2 fully saturated rings. The minimum Gasteiger partial charge on any atom is -0.304 e. The first-order chi connectivity index (χ1) is 18.8. The number of rotatable bonds is 4. The Morgan fingerprint density at radius 1 is 0.811 bits per heavy atom. The molecule has 6 nitrogen and oxygen atoms in total. The molecule has 37 heavy (non-hydrogen) atoms. The molecule has 0 spiro atoms. The molecule has 1 saturated heterocycles.